The Balaban J connectivity index is 1.73. The van der Waals surface area contributed by atoms with Crippen molar-refractivity contribution in [2.75, 3.05) is 26.2 Å². The molecule has 1 heterocycles. The van der Waals surface area contributed by atoms with Crippen LogP contribution in [0.1, 0.15) is 32.7 Å². The number of carbonyl (C=O) groups is 2. The van der Waals surface area contributed by atoms with Crippen LogP contribution in [-0.4, -0.2) is 53.2 Å². The highest BCUT2D eigenvalue weighted by molar-refractivity contribution is 5.96. The monoisotopic (exact) mass is 505 g/mol. The number of nitrogens with zero attached hydrogens (tertiary/aromatic N) is 3. The minimum Gasteiger partial charge on any atom is -0.350 e. The van der Waals surface area contributed by atoms with Gasteiger partial charge >= 0.3 is 6.18 Å². The van der Waals surface area contributed by atoms with E-state index in [1.165, 1.54) is 4.90 Å². The summed E-state index contributed by atoms with van der Waals surface area (Å²) < 4.78 is 54.4. The molecule has 0 bridgehead atoms. The molecule has 7 nitrogen and oxygen atoms in total. The Bertz CT molecular complexity index is 1240. The first-order chi connectivity index (χ1) is 17.0. The van der Waals surface area contributed by atoms with Crippen LogP contribution >= 0.6 is 0 Å². The number of hydrogen-bond acceptors (Lipinski definition) is 4. The number of benzene rings is 2. The fourth-order valence-corrected chi connectivity index (χ4v) is 3.88. The van der Waals surface area contributed by atoms with Gasteiger partial charge in [0.15, 0.2) is 0 Å². The van der Waals surface area contributed by atoms with Crippen molar-refractivity contribution < 1.29 is 27.2 Å². The van der Waals surface area contributed by atoms with Gasteiger partial charge in [0.1, 0.15) is 5.82 Å². The maximum Gasteiger partial charge on any atom is 0.416 e. The molecular formula is C25H27F4N5O2. The van der Waals surface area contributed by atoms with Gasteiger partial charge < -0.3 is 16.0 Å². The minimum absolute atomic E-state index is 0.0239. The van der Waals surface area contributed by atoms with Crippen molar-refractivity contribution in [3.63, 3.8) is 0 Å². The van der Waals surface area contributed by atoms with E-state index in [-0.39, 0.29) is 24.4 Å². The van der Waals surface area contributed by atoms with Crippen LogP contribution in [-0.2, 0) is 24.4 Å². The van der Waals surface area contributed by atoms with Crippen molar-refractivity contribution in [3.05, 3.63) is 76.2 Å². The van der Waals surface area contributed by atoms with E-state index in [4.69, 9.17) is 5.73 Å². The van der Waals surface area contributed by atoms with Gasteiger partial charge in [0.05, 0.1) is 17.0 Å². The Kier molecular flexibility index (Phi) is 8.46. The molecule has 0 fully saturated rings. The van der Waals surface area contributed by atoms with E-state index < -0.39 is 17.6 Å². The second-order valence-electron chi connectivity index (χ2n) is 8.38. The molecule has 3 rings (SSSR count). The molecular weight excluding hydrogens is 478 g/mol. The Hall–Kier alpha value is -3.73. The zero-order valence-electron chi connectivity index (χ0n) is 19.9. The van der Waals surface area contributed by atoms with Gasteiger partial charge in [0.2, 0.25) is 6.41 Å². The van der Waals surface area contributed by atoms with Crippen LogP contribution in [0.4, 0.5) is 17.6 Å². The van der Waals surface area contributed by atoms with E-state index in [0.29, 0.717) is 54.6 Å². The van der Waals surface area contributed by atoms with Crippen molar-refractivity contribution in [1.29, 1.82) is 0 Å². The van der Waals surface area contributed by atoms with Gasteiger partial charge in [-0.15, -0.1) is 0 Å². The third kappa shape index (κ3) is 6.69. The smallest absolute Gasteiger partial charge is 0.350 e. The molecule has 11 heteroatoms. The highest BCUT2D eigenvalue weighted by Gasteiger charge is 2.31. The summed E-state index contributed by atoms with van der Waals surface area (Å²) >= 11 is 0. The van der Waals surface area contributed by atoms with Crippen LogP contribution in [0.15, 0.2) is 42.5 Å². The SMILES string of the molecule is Cc1cc(-c2cc(Cc3cc(F)cc(C(F)(F)F)c3)nn2C)ccc1C(=O)NCCN(C=O)CCN. The highest BCUT2D eigenvalue weighted by atomic mass is 19.4. The van der Waals surface area contributed by atoms with Gasteiger partial charge in [-0.3, -0.25) is 14.3 Å². The quantitative estimate of drug-likeness (QED) is 0.327. The lowest BCUT2D eigenvalue weighted by molar-refractivity contribution is -0.137. The molecule has 2 amide bonds. The van der Waals surface area contributed by atoms with Crippen LogP contribution < -0.4 is 11.1 Å². The first-order valence-electron chi connectivity index (χ1n) is 11.2. The van der Waals surface area contributed by atoms with E-state index >= 15 is 0 Å². The second kappa shape index (κ2) is 11.3. The lowest BCUT2D eigenvalue weighted by Gasteiger charge is -2.16. The lowest BCUT2D eigenvalue weighted by atomic mass is 10.0. The fourth-order valence-electron chi connectivity index (χ4n) is 3.88. The molecule has 0 aliphatic carbocycles. The lowest BCUT2D eigenvalue weighted by Crippen LogP contribution is -2.36. The molecule has 3 aromatic rings. The number of nitrogens with one attached hydrogen (secondary N) is 1. The highest BCUT2D eigenvalue weighted by Crippen LogP contribution is 2.31. The van der Waals surface area contributed by atoms with Gasteiger partial charge in [-0.2, -0.15) is 18.3 Å². The van der Waals surface area contributed by atoms with Crippen LogP contribution in [0.2, 0.25) is 0 Å². The minimum atomic E-state index is -4.64. The van der Waals surface area contributed by atoms with Crippen molar-refractivity contribution in [2.45, 2.75) is 19.5 Å². The number of hydrogen-bond donors (Lipinski definition) is 2. The number of carbonyl (C=O) groups excluding carboxylic acids is 2. The standard InChI is InChI=1S/C25H27F4N5O2/c1-16-9-18(3-4-22(16)24(36)31-6-8-34(15-35)7-5-30)23-14-21(32-33(23)2)12-17-10-19(25(27,28)29)13-20(26)11-17/h3-4,9-11,13-15H,5-8,12,30H2,1-2H3,(H,31,36). The van der Waals surface area contributed by atoms with Gasteiger partial charge in [-0.05, 0) is 54.4 Å². The van der Waals surface area contributed by atoms with E-state index in [0.717, 1.165) is 17.7 Å². The summed E-state index contributed by atoms with van der Waals surface area (Å²) in [5.74, 6) is -1.24. The van der Waals surface area contributed by atoms with E-state index in [2.05, 4.69) is 10.4 Å². The summed E-state index contributed by atoms with van der Waals surface area (Å²) in [5.41, 5.74) is 7.66. The van der Waals surface area contributed by atoms with Gasteiger partial charge in [0.25, 0.3) is 5.91 Å². The van der Waals surface area contributed by atoms with E-state index in [1.54, 1.807) is 36.9 Å². The summed E-state index contributed by atoms with van der Waals surface area (Å²) in [6, 6.07) is 9.39. The topological polar surface area (TPSA) is 93.2 Å². The molecule has 0 unspecified atom stereocenters. The normalized spacial score (nSPS) is 11.4. The number of aryl methyl sites for hydroxylation is 2. The number of aromatic nitrogens is 2. The van der Waals surface area contributed by atoms with Crippen molar-refractivity contribution in [3.8, 4) is 11.3 Å². The summed E-state index contributed by atoms with van der Waals surface area (Å²) in [6.45, 7) is 3.15. The van der Waals surface area contributed by atoms with Crippen molar-refractivity contribution >= 4 is 12.3 Å². The Morgan fingerprint density at radius 3 is 2.56 bits per heavy atom. The molecule has 0 saturated carbocycles. The Labute approximate surface area is 205 Å². The van der Waals surface area contributed by atoms with Crippen LogP contribution in [0.5, 0.6) is 0 Å². The average Bonchev–Trinajstić information content (AvgIpc) is 3.17. The number of alkyl halides is 3. The molecule has 0 spiro atoms. The van der Waals surface area contributed by atoms with Crippen molar-refractivity contribution in [2.24, 2.45) is 12.8 Å². The summed E-state index contributed by atoms with van der Waals surface area (Å²) in [4.78, 5) is 25.0. The maximum absolute atomic E-state index is 13.7. The van der Waals surface area contributed by atoms with E-state index in [9.17, 15) is 27.2 Å². The molecule has 0 radical (unpaired) electrons. The third-order valence-corrected chi connectivity index (χ3v) is 5.62. The predicted octanol–water partition coefficient (Wildman–Crippen LogP) is 3.29. The number of halogens is 4. The Morgan fingerprint density at radius 2 is 1.92 bits per heavy atom. The Morgan fingerprint density at radius 1 is 1.17 bits per heavy atom. The molecule has 192 valence electrons. The maximum atomic E-state index is 13.7. The number of rotatable bonds is 10. The van der Waals surface area contributed by atoms with Crippen LogP contribution in [0.25, 0.3) is 11.3 Å². The van der Waals surface area contributed by atoms with Gasteiger partial charge in [0, 0.05) is 50.8 Å². The van der Waals surface area contributed by atoms with Crippen LogP contribution in [0.3, 0.4) is 0 Å². The van der Waals surface area contributed by atoms with Crippen molar-refractivity contribution in [1.82, 2.24) is 20.0 Å². The largest absolute Gasteiger partial charge is 0.416 e. The fraction of sp³-hybridized carbons (Fsp3) is 0.320. The van der Waals surface area contributed by atoms with Gasteiger partial charge in [-0.25, -0.2) is 4.39 Å². The predicted molar refractivity (Wildman–Crippen MR) is 127 cm³/mol. The zero-order valence-corrected chi connectivity index (χ0v) is 19.9. The third-order valence-electron chi connectivity index (χ3n) is 5.62. The molecule has 0 aliphatic rings. The van der Waals surface area contributed by atoms with Crippen LogP contribution in [0, 0.1) is 12.7 Å². The summed E-state index contributed by atoms with van der Waals surface area (Å²) in [7, 11) is 1.70. The molecule has 0 saturated heterocycles. The molecule has 1 aromatic heterocycles. The first-order valence-corrected chi connectivity index (χ1v) is 11.2. The van der Waals surface area contributed by atoms with Gasteiger partial charge in [-0.1, -0.05) is 6.07 Å². The van der Waals surface area contributed by atoms with E-state index in [1.807, 2.05) is 6.07 Å². The summed E-state index contributed by atoms with van der Waals surface area (Å²) in [6.07, 6.45) is -3.93. The molecule has 36 heavy (non-hydrogen) atoms. The molecule has 3 N–H and O–H groups in total. The average molecular weight is 506 g/mol. The first kappa shape index (κ1) is 26.9. The molecule has 0 atom stereocenters. The number of amides is 2. The summed E-state index contributed by atoms with van der Waals surface area (Å²) in [5, 5.41) is 7.14. The second-order valence-corrected chi connectivity index (χ2v) is 8.38. The number of nitrogens with two attached hydrogens (primary N) is 1. The molecule has 2 aromatic carbocycles. The molecule has 0 aliphatic heterocycles. The zero-order chi connectivity index (χ0) is 26.5.